The highest BCUT2D eigenvalue weighted by Gasteiger charge is 2.28. The first-order valence-corrected chi connectivity index (χ1v) is 10.9. The standard InChI is InChI=1S/C23H19F3N6O3/c24-13-7-17-20(27-11-13)31(16-5-6-18(25)19(26)8-16)23(35)32(22(17)34)15-3-1-14(2-4-15)30-21(33)12-9-28-29-10-12/h5-11,14-15H,1-4H2,(H,28,29)(H,30,33). The summed E-state index contributed by atoms with van der Waals surface area (Å²) < 4.78 is 43.4. The van der Waals surface area contributed by atoms with Crippen molar-refractivity contribution in [1.82, 2.24) is 29.6 Å². The molecular formula is C23H19F3N6O3. The third-order valence-corrected chi connectivity index (χ3v) is 6.21. The maximum Gasteiger partial charge on any atom is 0.337 e. The maximum absolute atomic E-state index is 14.0. The van der Waals surface area contributed by atoms with Crippen molar-refractivity contribution in [3.63, 3.8) is 0 Å². The first kappa shape index (κ1) is 22.6. The molecule has 0 radical (unpaired) electrons. The molecule has 9 nitrogen and oxygen atoms in total. The predicted molar refractivity (Wildman–Crippen MR) is 119 cm³/mol. The van der Waals surface area contributed by atoms with E-state index < -0.39 is 34.7 Å². The van der Waals surface area contributed by atoms with Crippen molar-refractivity contribution in [3.05, 3.63) is 86.7 Å². The fourth-order valence-electron chi connectivity index (χ4n) is 4.48. The Morgan fingerprint density at radius 2 is 1.80 bits per heavy atom. The lowest BCUT2D eigenvalue weighted by Gasteiger charge is -2.30. The Hall–Kier alpha value is -4.22. The maximum atomic E-state index is 14.0. The zero-order valence-electron chi connectivity index (χ0n) is 18.2. The lowest BCUT2D eigenvalue weighted by atomic mass is 9.90. The van der Waals surface area contributed by atoms with Gasteiger partial charge in [0, 0.05) is 24.3 Å². The summed E-state index contributed by atoms with van der Waals surface area (Å²) >= 11 is 0. The van der Waals surface area contributed by atoms with Crippen LogP contribution in [0.3, 0.4) is 0 Å². The fourth-order valence-corrected chi connectivity index (χ4v) is 4.48. The number of rotatable bonds is 4. The first-order chi connectivity index (χ1) is 16.8. The van der Waals surface area contributed by atoms with Gasteiger partial charge in [-0.2, -0.15) is 5.10 Å². The number of nitrogens with one attached hydrogen (secondary N) is 2. The van der Waals surface area contributed by atoms with Gasteiger partial charge in [0.15, 0.2) is 17.3 Å². The van der Waals surface area contributed by atoms with Gasteiger partial charge in [0.25, 0.3) is 11.5 Å². The number of hydrogen-bond donors (Lipinski definition) is 2. The van der Waals surface area contributed by atoms with Crippen molar-refractivity contribution >= 4 is 16.9 Å². The minimum atomic E-state index is -1.18. The molecule has 0 bridgehead atoms. The molecule has 1 amide bonds. The molecule has 1 aliphatic carbocycles. The SMILES string of the molecule is O=C(NC1CCC(n2c(=O)c3cc(F)cnc3n(-c3ccc(F)c(F)c3)c2=O)CC1)c1cn[nH]c1. The molecular weight excluding hydrogens is 465 g/mol. The Kier molecular flexibility index (Phi) is 5.71. The number of hydrogen-bond acceptors (Lipinski definition) is 5. The zero-order chi connectivity index (χ0) is 24.7. The summed E-state index contributed by atoms with van der Waals surface area (Å²) in [5.41, 5.74) is -1.33. The van der Waals surface area contributed by atoms with Gasteiger partial charge in [0.05, 0.1) is 29.0 Å². The van der Waals surface area contributed by atoms with E-state index in [1.54, 1.807) is 0 Å². The summed E-state index contributed by atoms with van der Waals surface area (Å²) in [5.74, 6) is -3.35. The topological polar surface area (TPSA) is 115 Å². The molecule has 1 aromatic carbocycles. The molecule has 12 heteroatoms. The van der Waals surface area contributed by atoms with Crippen LogP contribution >= 0.6 is 0 Å². The van der Waals surface area contributed by atoms with E-state index in [9.17, 15) is 27.6 Å². The number of carbonyl (C=O) groups is 1. The van der Waals surface area contributed by atoms with Crippen molar-refractivity contribution in [2.45, 2.75) is 37.8 Å². The van der Waals surface area contributed by atoms with E-state index in [-0.39, 0.29) is 28.7 Å². The van der Waals surface area contributed by atoms with E-state index in [2.05, 4.69) is 20.5 Å². The normalized spacial score (nSPS) is 18.0. The number of aromatic nitrogens is 5. The van der Waals surface area contributed by atoms with Crippen LogP contribution in [0.25, 0.3) is 16.7 Å². The van der Waals surface area contributed by atoms with E-state index >= 15 is 0 Å². The van der Waals surface area contributed by atoms with E-state index in [1.165, 1.54) is 18.5 Å². The molecule has 180 valence electrons. The molecule has 0 spiro atoms. The summed E-state index contributed by atoms with van der Waals surface area (Å²) in [4.78, 5) is 42.9. The molecule has 3 aromatic heterocycles. The van der Waals surface area contributed by atoms with Gasteiger partial charge in [0.1, 0.15) is 5.82 Å². The largest absolute Gasteiger partial charge is 0.349 e. The summed E-state index contributed by atoms with van der Waals surface area (Å²) in [6.07, 6.45) is 5.48. The Balaban J connectivity index is 1.52. The molecule has 1 aliphatic rings. The molecule has 0 saturated heterocycles. The molecule has 0 unspecified atom stereocenters. The highest BCUT2D eigenvalue weighted by molar-refractivity contribution is 5.93. The lowest BCUT2D eigenvalue weighted by Crippen LogP contribution is -2.45. The molecule has 2 N–H and O–H groups in total. The molecule has 4 aromatic rings. The molecule has 0 atom stereocenters. The Labute approximate surface area is 195 Å². The van der Waals surface area contributed by atoms with Crippen molar-refractivity contribution in [2.75, 3.05) is 0 Å². The quantitative estimate of drug-likeness (QED) is 0.462. The average Bonchev–Trinajstić information content (AvgIpc) is 3.38. The summed E-state index contributed by atoms with van der Waals surface area (Å²) in [5, 5.41) is 9.06. The summed E-state index contributed by atoms with van der Waals surface area (Å²) in [7, 11) is 0. The highest BCUT2D eigenvalue weighted by Crippen LogP contribution is 2.28. The number of pyridine rings is 1. The van der Waals surface area contributed by atoms with Crippen LogP contribution in [0, 0.1) is 17.5 Å². The van der Waals surface area contributed by atoms with Crippen LogP contribution in [-0.4, -0.2) is 36.3 Å². The number of nitrogens with zero attached hydrogens (tertiary/aromatic N) is 4. The van der Waals surface area contributed by atoms with Gasteiger partial charge in [-0.3, -0.25) is 19.3 Å². The number of halogens is 3. The van der Waals surface area contributed by atoms with Crippen LogP contribution < -0.4 is 16.6 Å². The number of carbonyl (C=O) groups excluding carboxylic acids is 1. The van der Waals surface area contributed by atoms with Gasteiger partial charge < -0.3 is 5.32 Å². The molecule has 3 heterocycles. The Morgan fingerprint density at radius 3 is 2.49 bits per heavy atom. The summed E-state index contributed by atoms with van der Waals surface area (Å²) in [6.45, 7) is 0. The van der Waals surface area contributed by atoms with E-state index in [0.29, 0.717) is 31.2 Å². The molecule has 0 aliphatic heterocycles. The van der Waals surface area contributed by atoms with Gasteiger partial charge in [-0.05, 0) is 43.9 Å². The van der Waals surface area contributed by atoms with Crippen LogP contribution in [0.2, 0.25) is 0 Å². The number of benzene rings is 1. The monoisotopic (exact) mass is 484 g/mol. The minimum absolute atomic E-state index is 0.0483. The number of H-pyrrole nitrogens is 1. The van der Waals surface area contributed by atoms with Crippen LogP contribution in [0.15, 0.2) is 52.4 Å². The third kappa shape index (κ3) is 4.11. The zero-order valence-corrected chi connectivity index (χ0v) is 18.2. The Bertz CT molecular complexity index is 1540. The van der Waals surface area contributed by atoms with Crippen LogP contribution in [0.1, 0.15) is 42.1 Å². The van der Waals surface area contributed by atoms with Crippen molar-refractivity contribution in [3.8, 4) is 5.69 Å². The second kappa shape index (κ2) is 8.85. The molecule has 1 fully saturated rings. The van der Waals surface area contributed by atoms with Crippen molar-refractivity contribution in [2.24, 2.45) is 0 Å². The van der Waals surface area contributed by atoms with E-state index in [1.807, 2.05) is 0 Å². The van der Waals surface area contributed by atoms with Crippen LogP contribution in [-0.2, 0) is 0 Å². The number of amides is 1. The summed E-state index contributed by atoms with van der Waals surface area (Å²) in [6, 6.07) is 3.11. The van der Waals surface area contributed by atoms with Gasteiger partial charge in [-0.25, -0.2) is 27.5 Å². The van der Waals surface area contributed by atoms with Crippen molar-refractivity contribution < 1.29 is 18.0 Å². The minimum Gasteiger partial charge on any atom is -0.349 e. The smallest absolute Gasteiger partial charge is 0.337 e. The van der Waals surface area contributed by atoms with Gasteiger partial charge in [-0.15, -0.1) is 0 Å². The van der Waals surface area contributed by atoms with Gasteiger partial charge in [-0.1, -0.05) is 0 Å². The third-order valence-electron chi connectivity index (χ3n) is 6.21. The first-order valence-electron chi connectivity index (χ1n) is 10.9. The van der Waals surface area contributed by atoms with Crippen LogP contribution in [0.4, 0.5) is 13.2 Å². The van der Waals surface area contributed by atoms with Gasteiger partial charge >= 0.3 is 5.69 Å². The number of fused-ring (bicyclic) bond motifs is 1. The van der Waals surface area contributed by atoms with Crippen molar-refractivity contribution in [1.29, 1.82) is 0 Å². The van der Waals surface area contributed by atoms with E-state index in [4.69, 9.17) is 0 Å². The van der Waals surface area contributed by atoms with Crippen LogP contribution in [0.5, 0.6) is 0 Å². The van der Waals surface area contributed by atoms with E-state index in [0.717, 1.165) is 33.5 Å². The lowest BCUT2D eigenvalue weighted by molar-refractivity contribution is 0.0922. The van der Waals surface area contributed by atoms with Gasteiger partial charge in [0.2, 0.25) is 0 Å². The predicted octanol–water partition coefficient (Wildman–Crippen LogP) is 2.60. The molecule has 35 heavy (non-hydrogen) atoms. The molecule has 5 rings (SSSR count). The second-order valence-corrected chi connectivity index (χ2v) is 8.38. The second-order valence-electron chi connectivity index (χ2n) is 8.38. The highest BCUT2D eigenvalue weighted by atomic mass is 19.2. The fraction of sp³-hybridized carbons (Fsp3) is 0.261. The average molecular weight is 484 g/mol. The number of aromatic amines is 1. The molecule has 1 saturated carbocycles. The Morgan fingerprint density at radius 1 is 1.03 bits per heavy atom.